The Morgan fingerprint density at radius 3 is 2.54 bits per heavy atom. The normalized spacial score (nSPS) is 11.6. The van der Waals surface area contributed by atoms with Gasteiger partial charge in [0.1, 0.15) is 0 Å². The van der Waals surface area contributed by atoms with Gasteiger partial charge in [-0.25, -0.2) is 9.78 Å². The summed E-state index contributed by atoms with van der Waals surface area (Å²) >= 11 is 0. The lowest BCUT2D eigenvalue weighted by Gasteiger charge is -2.18. The van der Waals surface area contributed by atoms with Gasteiger partial charge in [-0.3, -0.25) is 9.78 Å². The minimum Gasteiger partial charge on any atom is -0.451 e. The average molecular weight is 327 g/mol. The molecule has 6 heteroatoms. The zero-order valence-corrected chi connectivity index (χ0v) is 13.9. The number of nitrogens with one attached hydrogen (secondary N) is 1. The first-order valence-electron chi connectivity index (χ1n) is 7.90. The van der Waals surface area contributed by atoms with Crippen molar-refractivity contribution in [3.63, 3.8) is 0 Å². The SMILES string of the molecule is CCC[C@H](NC(=O)COC(=O)c1cnc(C)cn1)c1ccccc1. The maximum absolute atomic E-state index is 12.1. The number of carbonyl (C=O) groups is 2. The van der Waals surface area contributed by atoms with Gasteiger partial charge in [-0.2, -0.15) is 0 Å². The molecule has 1 aromatic heterocycles. The maximum atomic E-state index is 12.1. The molecule has 0 fully saturated rings. The molecule has 6 nitrogen and oxygen atoms in total. The summed E-state index contributed by atoms with van der Waals surface area (Å²) in [6.45, 7) is 3.48. The molecule has 0 bridgehead atoms. The van der Waals surface area contributed by atoms with Crippen LogP contribution in [0.25, 0.3) is 0 Å². The third-order valence-corrected chi connectivity index (χ3v) is 3.44. The van der Waals surface area contributed by atoms with Gasteiger partial charge in [-0.15, -0.1) is 0 Å². The Bertz CT molecular complexity index is 672. The molecule has 0 radical (unpaired) electrons. The quantitative estimate of drug-likeness (QED) is 0.791. The number of amides is 1. The van der Waals surface area contributed by atoms with Gasteiger partial charge in [0.15, 0.2) is 12.3 Å². The van der Waals surface area contributed by atoms with Crippen molar-refractivity contribution in [3.8, 4) is 0 Å². The number of ether oxygens (including phenoxy) is 1. The Hall–Kier alpha value is -2.76. The summed E-state index contributed by atoms with van der Waals surface area (Å²) in [5, 5.41) is 2.90. The van der Waals surface area contributed by atoms with Crippen molar-refractivity contribution in [2.45, 2.75) is 32.7 Å². The molecule has 0 saturated carbocycles. The number of benzene rings is 1. The van der Waals surface area contributed by atoms with Gasteiger partial charge in [-0.05, 0) is 18.9 Å². The Balaban J connectivity index is 1.89. The highest BCUT2D eigenvalue weighted by molar-refractivity contribution is 5.89. The first kappa shape index (κ1) is 17.6. The number of esters is 1. The zero-order valence-electron chi connectivity index (χ0n) is 13.9. The second-order valence-electron chi connectivity index (χ2n) is 5.44. The van der Waals surface area contributed by atoms with Crippen molar-refractivity contribution in [3.05, 3.63) is 59.7 Å². The highest BCUT2D eigenvalue weighted by atomic mass is 16.5. The molecule has 1 aromatic carbocycles. The molecule has 0 aliphatic carbocycles. The molecule has 0 saturated heterocycles. The Labute approximate surface area is 141 Å². The van der Waals surface area contributed by atoms with E-state index in [-0.39, 0.29) is 24.2 Å². The fraction of sp³-hybridized carbons (Fsp3) is 0.333. The van der Waals surface area contributed by atoms with Crippen molar-refractivity contribution in [1.29, 1.82) is 0 Å². The van der Waals surface area contributed by atoms with Crippen LogP contribution in [0.3, 0.4) is 0 Å². The van der Waals surface area contributed by atoms with Crippen LogP contribution in [0.5, 0.6) is 0 Å². The smallest absolute Gasteiger partial charge is 0.359 e. The molecule has 0 unspecified atom stereocenters. The molecule has 2 rings (SSSR count). The summed E-state index contributed by atoms with van der Waals surface area (Å²) < 4.78 is 4.99. The van der Waals surface area contributed by atoms with Crippen LogP contribution in [0.1, 0.15) is 47.6 Å². The lowest BCUT2D eigenvalue weighted by Crippen LogP contribution is -2.32. The largest absolute Gasteiger partial charge is 0.451 e. The molecule has 0 spiro atoms. The van der Waals surface area contributed by atoms with E-state index in [1.54, 1.807) is 6.92 Å². The number of aryl methyl sites for hydroxylation is 1. The van der Waals surface area contributed by atoms with Gasteiger partial charge < -0.3 is 10.1 Å². The predicted octanol–water partition coefficient (Wildman–Crippen LogP) is 2.60. The van der Waals surface area contributed by atoms with E-state index in [2.05, 4.69) is 22.2 Å². The van der Waals surface area contributed by atoms with Crippen LogP contribution in [0.2, 0.25) is 0 Å². The minimum atomic E-state index is -0.663. The van der Waals surface area contributed by atoms with Crippen LogP contribution >= 0.6 is 0 Å². The lowest BCUT2D eigenvalue weighted by atomic mass is 10.0. The number of aromatic nitrogens is 2. The average Bonchev–Trinajstić information content (AvgIpc) is 2.60. The van der Waals surface area contributed by atoms with Crippen LogP contribution in [-0.4, -0.2) is 28.5 Å². The fourth-order valence-electron chi connectivity index (χ4n) is 2.24. The van der Waals surface area contributed by atoms with E-state index in [0.717, 1.165) is 18.4 Å². The van der Waals surface area contributed by atoms with Crippen molar-refractivity contribution >= 4 is 11.9 Å². The van der Waals surface area contributed by atoms with E-state index < -0.39 is 5.97 Å². The third kappa shape index (κ3) is 5.15. The van der Waals surface area contributed by atoms with Crippen molar-refractivity contribution in [1.82, 2.24) is 15.3 Å². The molecule has 1 N–H and O–H groups in total. The van der Waals surface area contributed by atoms with Gasteiger partial charge in [0.2, 0.25) is 0 Å². The topological polar surface area (TPSA) is 81.2 Å². The number of carbonyl (C=O) groups excluding carboxylic acids is 2. The van der Waals surface area contributed by atoms with E-state index in [1.807, 2.05) is 30.3 Å². The molecule has 1 atom stereocenters. The minimum absolute atomic E-state index is 0.0848. The molecule has 0 aliphatic heterocycles. The Morgan fingerprint density at radius 2 is 1.92 bits per heavy atom. The van der Waals surface area contributed by atoms with E-state index in [0.29, 0.717) is 5.69 Å². The summed E-state index contributed by atoms with van der Waals surface area (Å²) in [5.41, 5.74) is 1.82. The maximum Gasteiger partial charge on any atom is 0.359 e. The Morgan fingerprint density at radius 1 is 1.17 bits per heavy atom. The summed E-state index contributed by atoms with van der Waals surface area (Å²) in [6.07, 6.45) is 4.55. The first-order chi connectivity index (χ1) is 11.6. The summed E-state index contributed by atoms with van der Waals surface area (Å²) in [6, 6.07) is 9.63. The molecule has 24 heavy (non-hydrogen) atoms. The van der Waals surface area contributed by atoms with Crippen molar-refractivity contribution in [2.75, 3.05) is 6.61 Å². The van der Waals surface area contributed by atoms with Crippen LogP contribution in [-0.2, 0) is 9.53 Å². The highest BCUT2D eigenvalue weighted by Crippen LogP contribution is 2.17. The van der Waals surface area contributed by atoms with Gasteiger partial charge in [-0.1, -0.05) is 43.7 Å². The van der Waals surface area contributed by atoms with Gasteiger partial charge in [0.25, 0.3) is 5.91 Å². The molecular weight excluding hydrogens is 306 g/mol. The van der Waals surface area contributed by atoms with E-state index >= 15 is 0 Å². The lowest BCUT2D eigenvalue weighted by molar-refractivity contribution is -0.125. The molecular formula is C18H21N3O3. The molecule has 1 amide bonds. The van der Waals surface area contributed by atoms with E-state index in [4.69, 9.17) is 4.74 Å². The predicted molar refractivity (Wildman–Crippen MR) is 89.3 cm³/mol. The van der Waals surface area contributed by atoms with Crippen LogP contribution < -0.4 is 5.32 Å². The summed E-state index contributed by atoms with van der Waals surface area (Å²) in [4.78, 5) is 31.8. The molecule has 0 aliphatic rings. The van der Waals surface area contributed by atoms with Crippen molar-refractivity contribution < 1.29 is 14.3 Å². The van der Waals surface area contributed by atoms with Crippen LogP contribution in [0.15, 0.2) is 42.7 Å². The number of hydrogen-bond donors (Lipinski definition) is 1. The Kier molecular flexibility index (Phi) is 6.42. The summed E-state index contributed by atoms with van der Waals surface area (Å²) in [5.74, 6) is -1.00. The van der Waals surface area contributed by atoms with Crippen LogP contribution in [0, 0.1) is 6.92 Å². The molecule has 1 heterocycles. The third-order valence-electron chi connectivity index (χ3n) is 3.44. The van der Waals surface area contributed by atoms with Crippen LogP contribution in [0.4, 0.5) is 0 Å². The monoisotopic (exact) mass is 327 g/mol. The first-order valence-corrected chi connectivity index (χ1v) is 7.90. The van der Waals surface area contributed by atoms with Gasteiger partial charge in [0, 0.05) is 6.20 Å². The number of hydrogen-bond acceptors (Lipinski definition) is 5. The second-order valence-corrected chi connectivity index (χ2v) is 5.44. The van der Waals surface area contributed by atoms with E-state index in [1.165, 1.54) is 12.4 Å². The van der Waals surface area contributed by atoms with Gasteiger partial charge in [0.05, 0.1) is 17.9 Å². The summed E-state index contributed by atoms with van der Waals surface area (Å²) in [7, 11) is 0. The standard InChI is InChI=1S/C18H21N3O3/c1-3-7-15(14-8-5-4-6-9-14)21-17(22)12-24-18(23)16-11-19-13(2)10-20-16/h4-6,8-11,15H,3,7,12H2,1-2H3,(H,21,22)/t15-/m0/s1. The second kappa shape index (κ2) is 8.76. The highest BCUT2D eigenvalue weighted by Gasteiger charge is 2.16. The van der Waals surface area contributed by atoms with Crippen molar-refractivity contribution in [2.24, 2.45) is 0 Å². The zero-order chi connectivity index (χ0) is 17.4. The fourth-order valence-corrected chi connectivity index (χ4v) is 2.24. The number of rotatable bonds is 7. The van der Waals surface area contributed by atoms with E-state index in [9.17, 15) is 9.59 Å². The van der Waals surface area contributed by atoms with Gasteiger partial charge >= 0.3 is 5.97 Å². The molecule has 2 aromatic rings. The number of nitrogens with zero attached hydrogens (tertiary/aromatic N) is 2. The molecule has 126 valence electrons.